The van der Waals surface area contributed by atoms with E-state index in [9.17, 15) is 0 Å². The van der Waals surface area contributed by atoms with Crippen LogP contribution in [0.5, 0.6) is 0 Å². The number of nitrogens with one attached hydrogen (secondary N) is 1. The molecule has 0 bridgehead atoms. The van der Waals surface area contributed by atoms with Crippen LogP contribution in [0.25, 0.3) is 0 Å². The molecule has 0 aliphatic heterocycles. The summed E-state index contributed by atoms with van der Waals surface area (Å²) in [5.41, 5.74) is 5.89. The van der Waals surface area contributed by atoms with Crippen molar-refractivity contribution in [3.8, 4) is 0 Å². The molecule has 0 radical (unpaired) electrons. The van der Waals surface area contributed by atoms with E-state index in [2.05, 4.69) is 25.4 Å². The van der Waals surface area contributed by atoms with E-state index in [1.807, 2.05) is 32.0 Å². The Morgan fingerprint density at radius 1 is 1.43 bits per heavy atom. The molecule has 0 aromatic carbocycles. The average Bonchev–Trinajstić information content (AvgIpc) is 2.11. The first-order chi connectivity index (χ1) is 6.40. The Morgan fingerprint density at radius 2 is 1.93 bits per heavy atom. The first kappa shape index (κ1) is 13.0. The molecule has 3 unspecified atom stereocenters. The number of hydrogen-bond acceptors (Lipinski definition) is 3. The van der Waals surface area contributed by atoms with Crippen molar-refractivity contribution in [3.05, 3.63) is 25.1 Å². The third kappa shape index (κ3) is 3.83. The molecule has 0 heterocycles. The van der Waals surface area contributed by atoms with E-state index in [4.69, 9.17) is 5.73 Å². The number of nitrogens with two attached hydrogens (primary N) is 1. The van der Waals surface area contributed by atoms with Gasteiger partial charge in [-0.3, -0.25) is 0 Å². The second-order valence-electron chi connectivity index (χ2n) is 3.97. The van der Waals surface area contributed by atoms with Crippen LogP contribution >= 0.6 is 0 Å². The molecule has 0 rings (SSSR count). The van der Waals surface area contributed by atoms with Crippen molar-refractivity contribution in [2.24, 2.45) is 11.7 Å². The van der Waals surface area contributed by atoms with Gasteiger partial charge in [0.05, 0.1) is 5.82 Å². The van der Waals surface area contributed by atoms with Gasteiger partial charge in [-0.2, -0.15) is 0 Å². The van der Waals surface area contributed by atoms with Crippen LogP contribution in [0.4, 0.5) is 0 Å². The Bertz CT molecular complexity index is 197. The molecule has 3 nitrogen and oxygen atoms in total. The van der Waals surface area contributed by atoms with Crippen molar-refractivity contribution < 1.29 is 0 Å². The molecule has 0 aromatic rings. The molecule has 82 valence electrons. The van der Waals surface area contributed by atoms with E-state index in [-0.39, 0.29) is 12.1 Å². The molecule has 0 aromatic heterocycles. The summed E-state index contributed by atoms with van der Waals surface area (Å²) in [5.74, 6) is 1.20. The summed E-state index contributed by atoms with van der Waals surface area (Å²) in [4.78, 5) is 1.94. The second-order valence-corrected chi connectivity index (χ2v) is 3.97. The Labute approximate surface area is 87.7 Å². The van der Waals surface area contributed by atoms with Crippen molar-refractivity contribution in [1.82, 2.24) is 10.2 Å². The molecule has 3 heteroatoms. The first-order valence-corrected chi connectivity index (χ1v) is 4.91. The smallest absolute Gasteiger partial charge is 0.0936 e. The minimum Gasteiger partial charge on any atom is -0.367 e. The van der Waals surface area contributed by atoms with E-state index in [1.165, 1.54) is 0 Å². The van der Waals surface area contributed by atoms with E-state index in [0.717, 1.165) is 5.82 Å². The number of nitrogens with zero attached hydrogens (tertiary/aromatic N) is 1. The molecule has 0 fully saturated rings. The van der Waals surface area contributed by atoms with Crippen molar-refractivity contribution >= 4 is 0 Å². The van der Waals surface area contributed by atoms with Crippen LogP contribution in [-0.4, -0.2) is 31.1 Å². The largest absolute Gasteiger partial charge is 0.367 e. The van der Waals surface area contributed by atoms with Gasteiger partial charge in [0, 0.05) is 26.2 Å². The highest BCUT2D eigenvalue weighted by Gasteiger charge is 2.19. The lowest BCUT2D eigenvalue weighted by atomic mass is 9.96. The minimum absolute atomic E-state index is 0.0692. The van der Waals surface area contributed by atoms with E-state index >= 15 is 0 Å². The van der Waals surface area contributed by atoms with Crippen molar-refractivity contribution in [3.63, 3.8) is 0 Å². The van der Waals surface area contributed by atoms with Gasteiger partial charge in [-0.1, -0.05) is 19.6 Å². The summed E-state index contributed by atoms with van der Waals surface area (Å²) in [6.07, 6.45) is 1.91. The summed E-state index contributed by atoms with van der Waals surface area (Å²) in [6.45, 7) is 11.8. The lowest BCUT2D eigenvalue weighted by Gasteiger charge is -2.30. The maximum atomic E-state index is 5.89. The van der Waals surface area contributed by atoms with Gasteiger partial charge < -0.3 is 16.0 Å². The van der Waals surface area contributed by atoms with Gasteiger partial charge in [0.2, 0.25) is 0 Å². The summed E-state index contributed by atoms with van der Waals surface area (Å²) in [5, 5.41) is 3.30. The lowest BCUT2D eigenvalue weighted by Crippen LogP contribution is -2.48. The first-order valence-electron chi connectivity index (χ1n) is 4.91. The van der Waals surface area contributed by atoms with Crippen molar-refractivity contribution in [1.29, 1.82) is 0 Å². The monoisotopic (exact) mass is 197 g/mol. The molecule has 0 saturated heterocycles. The summed E-state index contributed by atoms with van der Waals surface area (Å²) in [7, 11) is 3.90. The Hall–Kier alpha value is -0.960. The van der Waals surface area contributed by atoms with E-state index < -0.39 is 0 Å². The number of rotatable bonds is 6. The third-order valence-electron chi connectivity index (χ3n) is 2.38. The van der Waals surface area contributed by atoms with Gasteiger partial charge in [0.25, 0.3) is 0 Å². The molecule has 3 atom stereocenters. The molecule has 0 spiro atoms. The fraction of sp³-hybridized carbons (Fsp3) is 0.636. The molecular formula is C11H23N3. The fourth-order valence-electron chi connectivity index (χ4n) is 1.21. The summed E-state index contributed by atoms with van der Waals surface area (Å²) in [6, 6.07) is 0.252. The summed E-state index contributed by atoms with van der Waals surface area (Å²) >= 11 is 0. The predicted molar refractivity (Wildman–Crippen MR) is 62.8 cm³/mol. The normalized spacial score (nSPS) is 16.6. The molecule has 0 aliphatic rings. The van der Waals surface area contributed by atoms with Crippen molar-refractivity contribution in [2.45, 2.75) is 25.9 Å². The zero-order valence-electron chi connectivity index (χ0n) is 9.75. The van der Waals surface area contributed by atoms with Gasteiger partial charge in [0.15, 0.2) is 0 Å². The highest BCUT2D eigenvalue weighted by atomic mass is 15.2. The Morgan fingerprint density at radius 3 is 2.21 bits per heavy atom. The predicted octanol–water partition coefficient (Wildman–Crippen LogP) is 1.15. The van der Waals surface area contributed by atoms with Gasteiger partial charge in [-0.05, 0) is 12.8 Å². The molecule has 0 saturated carbocycles. The van der Waals surface area contributed by atoms with Crippen LogP contribution in [0.2, 0.25) is 0 Å². The second kappa shape index (κ2) is 5.70. The van der Waals surface area contributed by atoms with Crippen LogP contribution < -0.4 is 11.1 Å². The van der Waals surface area contributed by atoms with Crippen LogP contribution in [0.1, 0.15) is 13.8 Å². The molecule has 0 amide bonds. The molecular weight excluding hydrogens is 174 g/mol. The quantitative estimate of drug-likeness (QED) is 0.628. The SMILES string of the molecule is C=CC(C)C(NC(=C)N(C)C)C(C)N. The minimum atomic E-state index is 0.0692. The van der Waals surface area contributed by atoms with Crippen LogP contribution in [0, 0.1) is 5.92 Å². The van der Waals surface area contributed by atoms with Gasteiger partial charge in [-0.25, -0.2) is 0 Å². The van der Waals surface area contributed by atoms with Crippen LogP contribution in [0.15, 0.2) is 25.1 Å². The molecule has 0 aliphatic carbocycles. The van der Waals surface area contributed by atoms with Crippen LogP contribution in [-0.2, 0) is 0 Å². The molecule has 3 N–H and O–H groups in total. The Kier molecular flexibility index (Phi) is 5.31. The van der Waals surface area contributed by atoms with E-state index in [1.54, 1.807) is 0 Å². The maximum Gasteiger partial charge on any atom is 0.0936 e. The fourth-order valence-corrected chi connectivity index (χ4v) is 1.21. The van der Waals surface area contributed by atoms with Crippen molar-refractivity contribution in [2.75, 3.05) is 14.1 Å². The summed E-state index contributed by atoms with van der Waals surface area (Å²) < 4.78 is 0. The third-order valence-corrected chi connectivity index (χ3v) is 2.38. The average molecular weight is 197 g/mol. The zero-order valence-corrected chi connectivity index (χ0v) is 9.75. The van der Waals surface area contributed by atoms with Gasteiger partial charge >= 0.3 is 0 Å². The molecule has 14 heavy (non-hydrogen) atoms. The topological polar surface area (TPSA) is 41.3 Å². The highest BCUT2D eigenvalue weighted by Crippen LogP contribution is 2.09. The lowest BCUT2D eigenvalue weighted by molar-refractivity contribution is 0.354. The highest BCUT2D eigenvalue weighted by molar-refractivity contribution is 4.98. The number of hydrogen-bond donors (Lipinski definition) is 2. The Balaban J connectivity index is 4.38. The van der Waals surface area contributed by atoms with Crippen LogP contribution in [0.3, 0.4) is 0 Å². The van der Waals surface area contributed by atoms with Gasteiger partial charge in [0.1, 0.15) is 0 Å². The van der Waals surface area contributed by atoms with Gasteiger partial charge in [-0.15, -0.1) is 6.58 Å². The maximum absolute atomic E-state index is 5.89. The standard InChI is InChI=1S/C11H23N3/c1-7-8(2)11(9(3)12)13-10(4)14(5)6/h7-9,11,13H,1,4,12H2,2-3,5-6H3. The zero-order chi connectivity index (χ0) is 11.3. The van der Waals surface area contributed by atoms with E-state index in [0.29, 0.717) is 5.92 Å².